The fraction of sp³-hybridized carbons (Fsp3) is 0.500. The maximum atomic E-state index is 13.5. The Labute approximate surface area is 146 Å². The van der Waals surface area contributed by atoms with Crippen molar-refractivity contribution in [1.29, 1.82) is 0 Å². The predicted molar refractivity (Wildman–Crippen MR) is 89.3 cm³/mol. The van der Waals surface area contributed by atoms with E-state index < -0.39 is 30.3 Å². The van der Waals surface area contributed by atoms with Gasteiger partial charge in [0, 0.05) is 13.1 Å². The number of likely N-dealkylation sites (tertiary alicyclic amines) is 1. The number of benzene rings is 1. The second kappa shape index (κ2) is 9.15. The van der Waals surface area contributed by atoms with Crippen molar-refractivity contribution in [3.8, 4) is 0 Å². The number of amides is 2. The molecule has 7 heteroatoms. The molecule has 1 heterocycles. The molecule has 1 aliphatic rings. The number of rotatable bonds is 5. The largest absolute Gasteiger partial charge is 0.451 e. The third kappa shape index (κ3) is 5.55. The fourth-order valence-corrected chi connectivity index (χ4v) is 2.73. The third-order valence-electron chi connectivity index (χ3n) is 4.09. The minimum absolute atomic E-state index is 0.149. The number of hydrogen-bond acceptors (Lipinski definition) is 4. The molecule has 2 amide bonds. The summed E-state index contributed by atoms with van der Waals surface area (Å²) in [5, 5.41) is 2.30. The number of carbonyl (C=O) groups excluding carboxylic acids is 3. The molecule has 1 unspecified atom stereocenters. The molecule has 136 valence electrons. The lowest BCUT2D eigenvalue weighted by atomic mass is 10.2. The highest BCUT2D eigenvalue weighted by molar-refractivity contribution is 5.96. The average molecular weight is 350 g/mol. The van der Waals surface area contributed by atoms with Gasteiger partial charge in [-0.15, -0.1) is 0 Å². The molecule has 0 saturated carbocycles. The van der Waals surface area contributed by atoms with Crippen LogP contribution in [0.5, 0.6) is 0 Å². The first-order valence-corrected chi connectivity index (χ1v) is 8.50. The first kappa shape index (κ1) is 18.9. The van der Waals surface area contributed by atoms with E-state index in [1.54, 1.807) is 4.90 Å². The molecule has 6 nitrogen and oxygen atoms in total. The molecule has 1 aliphatic heterocycles. The Morgan fingerprint density at radius 1 is 1.16 bits per heavy atom. The van der Waals surface area contributed by atoms with Crippen LogP contribution in [0.4, 0.5) is 4.39 Å². The van der Waals surface area contributed by atoms with Gasteiger partial charge in [-0.2, -0.15) is 0 Å². The highest BCUT2D eigenvalue weighted by atomic mass is 19.1. The summed E-state index contributed by atoms with van der Waals surface area (Å²) in [6.07, 6.45) is 3.19. The number of nitrogens with one attached hydrogen (secondary N) is 1. The van der Waals surface area contributed by atoms with E-state index in [0.29, 0.717) is 13.1 Å². The maximum absolute atomic E-state index is 13.5. The number of esters is 1. The standard InChI is InChI=1S/C18H23FN2O4/c1-13(18(24)21-10-6-2-3-7-11-21)25-16(22)12-20-17(23)14-8-4-5-9-15(14)19/h4-5,8-9,13H,2-3,6-7,10-12H2,1H3,(H,20,23). The van der Waals surface area contributed by atoms with Crippen LogP contribution < -0.4 is 5.32 Å². The molecule has 1 fully saturated rings. The minimum Gasteiger partial charge on any atom is -0.451 e. The smallest absolute Gasteiger partial charge is 0.326 e. The van der Waals surface area contributed by atoms with Gasteiger partial charge in [0.25, 0.3) is 11.8 Å². The van der Waals surface area contributed by atoms with Crippen molar-refractivity contribution >= 4 is 17.8 Å². The van der Waals surface area contributed by atoms with Crippen molar-refractivity contribution in [2.24, 2.45) is 0 Å². The van der Waals surface area contributed by atoms with Crippen LogP contribution in [-0.2, 0) is 14.3 Å². The molecule has 0 bridgehead atoms. The second-order valence-corrected chi connectivity index (χ2v) is 6.03. The van der Waals surface area contributed by atoms with E-state index in [-0.39, 0.29) is 11.5 Å². The zero-order valence-corrected chi connectivity index (χ0v) is 14.3. The molecular formula is C18H23FN2O4. The first-order valence-electron chi connectivity index (χ1n) is 8.50. The van der Waals surface area contributed by atoms with Gasteiger partial charge in [0.05, 0.1) is 5.56 Å². The van der Waals surface area contributed by atoms with Crippen LogP contribution in [-0.4, -0.2) is 48.4 Å². The summed E-state index contributed by atoms with van der Waals surface area (Å²) >= 11 is 0. The van der Waals surface area contributed by atoms with Gasteiger partial charge in [0.15, 0.2) is 6.10 Å². The molecule has 1 N–H and O–H groups in total. The SMILES string of the molecule is CC(OC(=O)CNC(=O)c1ccccc1F)C(=O)N1CCCCCC1. The Morgan fingerprint density at radius 3 is 2.44 bits per heavy atom. The summed E-state index contributed by atoms with van der Waals surface area (Å²) in [5.74, 6) is -2.34. The van der Waals surface area contributed by atoms with E-state index in [9.17, 15) is 18.8 Å². The monoisotopic (exact) mass is 350 g/mol. The van der Waals surface area contributed by atoms with Gasteiger partial charge in [0.1, 0.15) is 12.4 Å². The van der Waals surface area contributed by atoms with Crippen LogP contribution in [0.2, 0.25) is 0 Å². The summed E-state index contributed by atoms with van der Waals surface area (Å²) in [6.45, 7) is 2.43. The van der Waals surface area contributed by atoms with Crippen LogP contribution in [0.25, 0.3) is 0 Å². The van der Waals surface area contributed by atoms with Gasteiger partial charge < -0.3 is 15.0 Å². The van der Waals surface area contributed by atoms with E-state index in [1.807, 2.05) is 0 Å². The number of hydrogen-bond donors (Lipinski definition) is 1. The number of carbonyl (C=O) groups is 3. The molecule has 0 radical (unpaired) electrons. The van der Waals surface area contributed by atoms with Crippen molar-refractivity contribution in [2.75, 3.05) is 19.6 Å². The number of nitrogens with zero attached hydrogens (tertiary/aromatic N) is 1. The van der Waals surface area contributed by atoms with Gasteiger partial charge in [-0.05, 0) is 31.9 Å². The van der Waals surface area contributed by atoms with Crippen LogP contribution in [0.1, 0.15) is 43.0 Å². The normalized spacial score (nSPS) is 15.8. The summed E-state index contributed by atoms with van der Waals surface area (Å²) in [4.78, 5) is 37.7. The van der Waals surface area contributed by atoms with Gasteiger partial charge in [0.2, 0.25) is 0 Å². The Bertz CT molecular complexity index is 627. The molecule has 1 aromatic rings. The first-order chi connectivity index (χ1) is 12.0. The Hall–Kier alpha value is -2.44. The van der Waals surface area contributed by atoms with E-state index in [0.717, 1.165) is 31.7 Å². The lowest BCUT2D eigenvalue weighted by molar-refractivity contribution is -0.158. The number of ether oxygens (including phenoxy) is 1. The molecule has 1 aromatic carbocycles. The van der Waals surface area contributed by atoms with E-state index in [4.69, 9.17) is 4.74 Å². The third-order valence-corrected chi connectivity index (χ3v) is 4.09. The predicted octanol–water partition coefficient (Wildman–Crippen LogP) is 1.89. The van der Waals surface area contributed by atoms with Crippen LogP contribution in [0.3, 0.4) is 0 Å². The van der Waals surface area contributed by atoms with Crippen LogP contribution >= 0.6 is 0 Å². The zero-order valence-electron chi connectivity index (χ0n) is 14.3. The van der Waals surface area contributed by atoms with Crippen LogP contribution in [0.15, 0.2) is 24.3 Å². The highest BCUT2D eigenvalue weighted by Crippen LogP contribution is 2.12. The fourth-order valence-electron chi connectivity index (χ4n) is 2.73. The van der Waals surface area contributed by atoms with Crippen molar-refractivity contribution < 1.29 is 23.5 Å². The van der Waals surface area contributed by atoms with Gasteiger partial charge in [-0.3, -0.25) is 14.4 Å². The van der Waals surface area contributed by atoms with Gasteiger partial charge in [-0.25, -0.2) is 4.39 Å². The molecule has 0 aliphatic carbocycles. The maximum Gasteiger partial charge on any atom is 0.326 e. The van der Waals surface area contributed by atoms with Gasteiger partial charge in [-0.1, -0.05) is 25.0 Å². The summed E-state index contributed by atoms with van der Waals surface area (Å²) in [7, 11) is 0. The Kier molecular flexibility index (Phi) is 6.91. The molecule has 1 atom stereocenters. The van der Waals surface area contributed by atoms with Crippen LogP contribution in [0, 0.1) is 5.82 Å². The summed E-state index contributed by atoms with van der Waals surface area (Å²) in [5.41, 5.74) is -0.149. The molecule has 0 spiro atoms. The van der Waals surface area contributed by atoms with Crippen molar-refractivity contribution in [3.05, 3.63) is 35.6 Å². The Morgan fingerprint density at radius 2 is 1.80 bits per heavy atom. The van der Waals surface area contributed by atoms with Crippen molar-refractivity contribution in [3.63, 3.8) is 0 Å². The average Bonchev–Trinajstić information content (AvgIpc) is 2.88. The van der Waals surface area contributed by atoms with Gasteiger partial charge >= 0.3 is 5.97 Å². The zero-order chi connectivity index (χ0) is 18.2. The topological polar surface area (TPSA) is 75.7 Å². The molecular weight excluding hydrogens is 327 g/mol. The molecule has 2 rings (SSSR count). The lowest BCUT2D eigenvalue weighted by Crippen LogP contribution is -2.42. The minimum atomic E-state index is -0.907. The molecule has 0 aromatic heterocycles. The Balaban J connectivity index is 1.80. The highest BCUT2D eigenvalue weighted by Gasteiger charge is 2.24. The van der Waals surface area contributed by atoms with Crippen molar-refractivity contribution in [2.45, 2.75) is 38.7 Å². The van der Waals surface area contributed by atoms with Crippen molar-refractivity contribution in [1.82, 2.24) is 10.2 Å². The second-order valence-electron chi connectivity index (χ2n) is 6.03. The summed E-state index contributed by atoms with van der Waals surface area (Å²) in [6, 6.07) is 5.48. The van der Waals surface area contributed by atoms with E-state index in [2.05, 4.69) is 5.32 Å². The quantitative estimate of drug-likeness (QED) is 0.823. The summed E-state index contributed by atoms with van der Waals surface area (Å²) < 4.78 is 18.6. The van der Waals surface area contributed by atoms with E-state index in [1.165, 1.54) is 25.1 Å². The van der Waals surface area contributed by atoms with E-state index >= 15 is 0 Å². The molecule has 25 heavy (non-hydrogen) atoms. The lowest BCUT2D eigenvalue weighted by Gasteiger charge is -2.24. The number of halogens is 1. The molecule has 1 saturated heterocycles.